The molecule has 1 aromatic heterocycles. The standard InChI is InChI=1S/C18H17ClFN3O5S/c1-26-15-7-6-11(8-16(15)27-2)18-22-17(28-23-18)9-21-29(24,25)10-12-13(19)4-3-5-14(12)20/h3-8,21H,9-10H2,1-2H3. The average molecular weight is 442 g/mol. The van der Waals surface area contributed by atoms with Gasteiger partial charge in [0, 0.05) is 16.1 Å². The van der Waals surface area contributed by atoms with E-state index in [1.165, 1.54) is 26.4 Å². The summed E-state index contributed by atoms with van der Waals surface area (Å²) >= 11 is 5.88. The molecule has 2 aromatic carbocycles. The molecule has 0 spiro atoms. The summed E-state index contributed by atoms with van der Waals surface area (Å²) < 4.78 is 56.1. The Morgan fingerprint density at radius 2 is 1.93 bits per heavy atom. The third kappa shape index (κ3) is 5.03. The van der Waals surface area contributed by atoms with E-state index in [9.17, 15) is 12.8 Å². The average Bonchev–Trinajstić information content (AvgIpc) is 3.18. The minimum Gasteiger partial charge on any atom is -0.493 e. The number of methoxy groups -OCH3 is 2. The fourth-order valence-electron chi connectivity index (χ4n) is 2.50. The molecule has 0 radical (unpaired) electrons. The fourth-order valence-corrected chi connectivity index (χ4v) is 3.93. The molecule has 11 heteroatoms. The molecule has 29 heavy (non-hydrogen) atoms. The van der Waals surface area contributed by atoms with Crippen LogP contribution in [0.25, 0.3) is 11.4 Å². The maximum atomic E-state index is 13.8. The summed E-state index contributed by atoms with van der Waals surface area (Å²) in [6.07, 6.45) is 0. The third-order valence-electron chi connectivity index (χ3n) is 3.95. The lowest BCUT2D eigenvalue weighted by molar-refractivity contribution is 0.355. The molecule has 154 valence electrons. The van der Waals surface area contributed by atoms with Crippen LogP contribution in [0.3, 0.4) is 0 Å². The lowest BCUT2D eigenvalue weighted by Gasteiger charge is -2.07. The first kappa shape index (κ1) is 21.0. The Bertz CT molecular complexity index is 1100. The van der Waals surface area contributed by atoms with E-state index < -0.39 is 21.6 Å². The fraction of sp³-hybridized carbons (Fsp3) is 0.222. The van der Waals surface area contributed by atoms with Crippen molar-refractivity contribution in [3.8, 4) is 22.9 Å². The number of aromatic nitrogens is 2. The summed E-state index contributed by atoms with van der Waals surface area (Å²) in [6.45, 7) is -0.255. The van der Waals surface area contributed by atoms with Crippen molar-refractivity contribution in [1.82, 2.24) is 14.9 Å². The number of hydrogen-bond acceptors (Lipinski definition) is 7. The van der Waals surface area contributed by atoms with Gasteiger partial charge in [-0.1, -0.05) is 22.8 Å². The number of hydrogen-bond donors (Lipinski definition) is 1. The van der Waals surface area contributed by atoms with Crippen molar-refractivity contribution in [2.24, 2.45) is 0 Å². The van der Waals surface area contributed by atoms with E-state index in [2.05, 4.69) is 14.9 Å². The van der Waals surface area contributed by atoms with Crippen LogP contribution < -0.4 is 14.2 Å². The molecule has 0 fully saturated rings. The highest BCUT2D eigenvalue weighted by Crippen LogP contribution is 2.31. The first-order chi connectivity index (χ1) is 13.8. The van der Waals surface area contributed by atoms with E-state index in [0.717, 1.165) is 6.07 Å². The minimum absolute atomic E-state index is 0.0314. The summed E-state index contributed by atoms with van der Waals surface area (Å²) in [4.78, 5) is 4.16. The van der Waals surface area contributed by atoms with Crippen LogP contribution in [0.4, 0.5) is 4.39 Å². The molecular weight excluding hydrogens is 425 g/mol. The Balaban J connectivity index is 1.70. The normalized spacial score (nSPS) is 11.4. The largest absolute Gasteiger partial charge is 0.493 e. The molecule has 0 bridgehead atoms. The van der Waals surface area contributed by atoms with Crippen LogP contribution in [0.1, 0.15) is 11.5 Å². The van der Waals surface area contributed by atoms with Crippen LogP contribution in [0.5, 0.6) is 11.5 Å². The molecule has 0 aliphatic rings. The molecule has 0 amide bonds. The lowest BCUT2D eigenvalue weighted by atomic mass is 10.2. The van der Waals surface area contributed by atoms with Crippen molar-refractivity contribution in [1.29, 1.82) is 0 Å². The van der Waals surface area contributed by atoms with Crippen molar-refractivity contribution >= 4 is 21.6 Å². The Labute approximate surface area is 171 Å². The maximum Gasteiger partial charge on any atom is 0.242 e. The molecule has 8 nitrogen and oxygen atoms in total. The highest BCUT2D eigenvalue weighted by molar-refractivity contribution is 7.88. The topological polar surface area (TPSA) is 104 Å². The number of nitrogens with one attached hydrogen (secondary N) is 1. The molecule has 0 aliphatic heterocycles. The first-order valence-electron chi connectivity index (χ1n) is 8.28. The summed E-state index contributed by atoms with van der Waals surface area (Å²) in [5.41, 5.74) is 0.483. The second kappa shape index (κ2) is 8.76. The monoisotopic (exact) mass is 441 g/mol. The highest BCUT2D eigenvalue weighted by Gasteiger charge is 2.19. The number of sulfonamides is 1. The van der Waals surface area contributed by atoms with Crippen LogP contribution in [0.2, 0.25) is 5.02 Å². The van der Waals surface area contributed by atoms with Gasteiger partial charge in [-0.25, -0.2) is 17.5 Å². The van der Waals surface area contributed by atoms with Gasteiger partial charge in [0.2, 0.25) is 21.7 Å². The smallest absolute Gasteiger partial charge is 0.242 e. The number of nitrogens with zero attached hydrogens (tertiary/aromatic N) is 2. The highest BCUT2D eigenvalue weighted by atomic mass is 35.5. The van der Waals surface area contributed by atoms with Gasteiger partial charge in [-0.05, 0) is 30.3 Å². The van der Waals surface area contributed by atoms with Gasteiger partial charge in [0.1, 0.15) is 5.82 Å². The van der Waals surface area contributed by atoms with E-state index in [1.54, 1.807) is 18.2 Å². The van der Waals surface area contributed by atoms with Gasteiger partial charge in [-0.3, -0.25) is 0 Å². The first-order valence-corrected chi connectivity index (χ1v) is 10.3. The number of ether oxygens (including phenoxy) is 2. The quantitative estimate of drug-likeness (QED) is 0.572. The third-order valence-corrected chi connectivity index (χ3v) is 5.56. The summed E-state index contributed by atoms with van der Waals surface area (Å²) in [5, 5.41) is 3.86. The van der Waals surface area contributed by atoms with E-state index in [-0.39, 0.29) is 28.8 Å². The second-order valence-corrected chi connectivity index (χ2v) is 8.08. The van der Waals surface area contributed by atoms with Crippen molar-refractivity contribution in [3.05, 3.63) is 58.7 Å². The van der Waals surface area contributed by atoms with Gasteiger partial charge >= 0.3 is 0 Å². The Kier molecular flexibility index (Phi) is 6.36. The predicted octanol–water partition coefficient (Wildman–Crippen LogP) is 3.17. The molecule has 0 saturated heterocycles. The SMILES string of the molecule is COc1ccc(-c2noc(CNS(=O)(=O)Cc3c(F)cccc3Cl)n2)cc1OC. The Morgan fingerprint density at radius 3 is 2.62 bits per heavy atom. The van der Waals surface area contributed by atoms with Crippen LogP contribution in [0.15, 0.2) is 40.9 Å². The van der Waals surface area contributed by atoms with Gasteiger partial charge in [-0.15, -0.1) is 0 Å². The van der Waals surface area contributed by atoms with E-state index in [4.69, 9.17) is 25.6 Å². The summed E-state index contributed by atoms with van der Waals surface area (Å²) in [7, 11) is -0.873. The number of halogens is 2. The summed E-state index contributed by atoms with van der Waals surface area (Å²) in [5.74, 6) is -0.000109. The zero-order valence-corrected chi connectivity index (χ0v) is 17.1. The van der Waals surface area contributed by atoms with Crippen molar-refractivity contribution in [2.75, 3.05) is 14.2 Å². The molecule has 3 rings (SSSR count). The zero-order chi connectivity index (χ0) is 21.0. The van der Waals surface area contributed by atoms with Gasteiger partial charge < -0.3 is 14.0 Å². The van der Waals surface area contributed by atoms with Crippen molar-refractivity contribution in [3.63, 3.8) is 0 Å². The Hall–Kier alpha value is -2.69. The maximum absolute atomic E-state index is 13.8. The lowest BCUT2D eigenvalue weighted by Crippen LogP contribution is -2.25. The molecular formula is C18H17ClFN3O5S. The van der Waals surface area contributed by atoms with E-state index in [0.29, 0.717) is 17.1 Å². The van der Waals surface area contributed by atoms with Crippen LogP contribution >= 0.6 is 11.6 Å². The molecule has 0 unspecified atom stereocenters. The Morgan fingerprint density at radius 1 is 1.17 bits per heavy atom. The number of benzene rings is 2. The molecule has 0 aliphatic carbocycles. The minimum atomic E-state index is -3.89. The molecule has 1 N–H and O–H groups in total. The van der Waals surface area contributed by atoms with Gasteiger partial charge in [0.15, 0.2) is 11.5 Å². The zero-order valence-electron chi connectivity index (χ0n) is 15.5. The van der Waals surface area contributed by atoms with Gasteiger partial charge in [-0.2, -0.15) is 4.98 Å². The van der Waals surface area contributed by atoms with Gasteiger partial charge in [0.25, 0.3) is 0 Å². The van der Waals surface area contributed by atoms with Crippen LogP contribution in [-0.4, -0.2) is 32.8 Å². The predicted molar refractivity (Wildman–Crippen MR) is 104 cm³/mol. The summed E-state index contributed by atoms with van der Waals surface area (Å²) in [6, 6.07) is 9.02. The molecule has 0 atom stereocenters. The van der Waals surface area contributed by atoms with E-state index >= 15 is 0 Å². The number of rotatable bonds is 8. The van der Waals surface area contributed by atoms with Crippen LogP contribution in [-0.2, 0) is 22.3 Å². The van der Waals surface area contributed by atoms with E-state index in [1.807, 2.05) is 0 Å². The van der Waals surface area contributed by atoms with Crippen LogP contribution in [0, 0.1) is 5.82 Å². The van der Waals surface area contributed by atoms with Crippen molar-refractivity contribution in [2.45, 2.75) is 12.3 Å². The molecule has 0 saturated carbocycles. The molecule has 1 heterocycles. The second-order valence-electron chi connectivity index (χ2n) is 5.86. The van der Waals surface area contributed by atoms with Crippen molar-refractivity contribution < 1.29 is 26.8 Å². The van der Waals surface area contributed by atoms with Gasteiger partial charge in [0.05, 0.1) is 26.5 Å². The molecule has 3 aromatic rings.